The number of carbonyl (C=O) groups is 1. The average molecular weight is 285 g/mol. The van der Waals surface area contributed by atoms with Crippen LogP contribution < -0.4 is 5.32 Å². The third-order valence-electron chi connectivity index (χ3n) is 4.73. The fourth-order valence-corrected chi connectivity index (χ4v) is 3.36. The number of fused-ring (bicyclic) bond motifs is 1. The van der Waals surface area contributed by atoms with Crippen LogP contribution in [0.1, 0.15) is 36.8 Å². The lowest BCUT2D eigenvalue weighted by atomic mass is 9.80. The van der Waals surface area contributed by atoms with Crippen LogP contribution in [-0.4, -0.2) is 23.2 Å². The first kappa shape index (κ1) is 14.3. The maximum Gasteiger partial charge on any atom is 0.223 e. The molecule has 0 heterocycles. The summed E-state index contributed by atoms with van der Waals surface area (Å²) >= 11 is 0. The molecule has 0 spiro atoms. The van der Waals surface area contributed by atoms with Gasteiger partial charge in [-0.2, -0.15) is 0 Å². The number of allylic oxidation sites excluding steroid dienone is 2. The van der Waals surface area contributed by atoms with Crippen molar-refractivity contribution >= 4 is 5.91 Å². The molecule has 2 atom stereocenters. The molecule has 2 aliphatic carbocycles. The number of nitrogens with one attached hydrogen (secondary N) is 1. The van der Waals surface area contributed by atoms with Crippen molar-refractivity contribution in [3.05, 3.63) is 47.5 Å². The summed E-state index contributed by atoms with van der Waals surface area (Å²) in [6, 6.07) is 8.26. The van der Waals surface area contributed by atoms with Gasteiger partial charge in [-0.3, -0.25) is 4.79 Å². The third kappa shape index (κ3) is 3.35. The Morgan fingerprint density at radius 3 is 2.86 bits per heavy atom. The molecule has 0 saturated heterocycles. The predicted octanol–water partition coefficient (Wildman–Crippen LogP) is 2.38. The first-order chi connectivity index (χ1) is 10.2. The van der Waals surface area contributed by atoms with E-state index in [0.29, 0.717) is 13.0 Å². The molecule has 112 valence electrons. The maximum absolute atomic E-state index is 12.2. The molecule has 3 rings (SSSR count). The lowest BCUT2D eigenvalue weighted by Crippen LogP contribution is -2.48. The Kier molecular flexibility index (Phi) is 4.11. The van der Waals surface area contributed by atoms with Gasteiger partial charge in [0, 0.05) is 18.9 Å². The molecule has 0 aliphatic heterocycles. The Balaban J connectivity index is 1.58. The summed E-state index contributed by atoms with van der Waals surface area (Å²) < 4.78 is 0. The van der Waals surface area contributed by atoms with E-state index in [4.69, 9.17) is 0 Å². The summed E-state index contributed by atoms with van der Waals surface area (Å²) in [6.07, 6.45) is 9.18. The van der Waals surface area contributed by atoms with Crippen molar-refractivity contribution in [3.8, 4) is 0 Å². The second-order valence-electron chi connectivity index (χ2n) is 6.37. The highest BCUT2D eigenvalue weighted by Crippen LogP contribution is 2.28. The van der Waals surface area contributed by atoms with Crippen molar-refractivity contribution < 1.29 is 9.90 Å². The third-order valence-corrected chi connectivity index (χ3v) is 4.73. The quantitative estimate of drug-likeness (QED) is 0.838. The Bertz CT molecular complexity index is 552. The number of aliphatic hydroxyl groups is 1. The van der Waals surface area contributed by atoms with E-state index in [-0.39, 0.29) is 11.8 Å². The first-order valence-corrected chi connectivity index (χ1v) is 7.88. The molecule has 0 radical (unpaired) electrons. The summed E-state index contributed by atoms with van der Waals surface area (Å²) in [5.41, 5.74) is 1.74. The number of carbonyl (C=O) groups excluding carboxylic acids is 1. The summed E-state index contributed by atoms with van der Waals surface area (Å²) in [4.78, 5) is 12.2. The summed E-state index contributed by atoms with van der Waals surface area (Å²) in [7, 11) is 0. The van der Waals surface area contributed by atoms with Gasteiger partial charge >= 0.3 is 0 Å². The van der Waals surface area contributed by atoms with Crippen LogP contribution in [0, 0.1) is 5.92 Å². The van der Waals surface area contributed by atoms with Gasteiger partial charge in [0.15, 0.2) is 0 Å². The largest absolute Gasteiger partial charge is 0.388 e. The van der Waals surface area contributed by atoms with Crippen LogP contribution in [0.15, 0.2) is 36.4 Å². The lowest BCUT2D eigenvalue weighted by Gasteiger charge is -2.34. The van der Waals surface area contributed by atoms with Gasteiger partial charge in [0.25, 0.3) is 0 Å². The molecule has 3 nitrogen and oxygen atoms in total. The van der Waals surface area contributed by atoms with E-state index in [1.54, 1.807) is 0 Å². The second-order valence-corrected chi connectivity index (χ2v) is 6.37. The van der Waals surface area contributed by atoms with Crippen LogP contribution in [0.3, 0.4) is 0 Å². The van der Waals surface area contributed by atoms with Gasteiger partial charge in [0.1, 0.15) is 0 Å². The number of hydrogen-bond donors (Lipinski definition) is 2. The number of aryl methyl sites for hydroxylation is 1. The molecular weight excluding hydrogens is 262 g/mol. The van der Waals surface area contributed by atoms with Gasteiger partial charge in [0.05, 0.1) is 5.60 Å². The minimum absolute atomic E-state index is 0.0782. The molecular formula is C18H23NO2. The number of amides is 1. The van der Waals surface area contributed by atoms with Crippen LogP contribution in [0.4, 0.5) is 0 Å². The van der Waals surface area contributed by atoms with Gasteiger partial charge in [-0.15, -0.1) is 0 Å². The lowest BCUT2D eigenvalue weighted by molar-refractivity contribution is -0.126. The Morgan fingerprint density at radius 1 is 1.29 bits per heavy atom. The summed E-state index contributed by atoms with van der Waals surface area (Å²) in [5.74, 6) is 0.168. The van der Waals surface area contributed by atoms with Gasteiger partial charge < -0.3 is 10.4 Å². The van der Waals surface area contributed by atoms with Gasteiger partial charge in [-0.1, -0.05) is 36.4 Å². The van der Waals surface area contributed by atoms with Crippen LogP contribution in [-0.2, 0) is 17.6 Å². The molecule has 0 saturated carbocycles. The zero-order valence-corrected chi connectivity index (χ0v) is 12.3. The number of hydrogen-bond acceptors (Lipinski definition) is 2. The van der Waals surface area contributed by atoms with E-state index < -0.39 is 5.60 Å². The minimum Gasteiger partial charge on any atom is -0.388 e. The van der Waals surface area contributed by atoms with Gasteiger partial charge in [-0.25, -0.2) is 0 Å². The van der Waals surface area contributed by atoms with Gasteiger partial charge in [-0.05, 0) is 43.2 Å². The van der Waals surface area contributed by atoms with Crippen LogP contribution in [0.2, 0.25) is 0 Å². The topological polar surface area (TPSA) is 49.3 Å². The molecule has 1 aromatic carbocycles. The summed E-state index contributed by atoms with van der Waals surface area (Å²) in [6.45, 7) is 0.361. The van der Waals surface area contributed by atoms with Crippen LogP contribution in [0.5, 0.6) is 0 Å². The highest BCUT2D eigenvalue weighted by atomic mass is 16.3. The molecule has 1 amide bonds. The van der Waals surface area contributed by atoms with Crippen LogP contribution >= 0.6 is 0 Å². The highest BCUT2D eigenvalue weighted by molar-refractivity contribution is 5.79. The van der Waals surface area contributed by atoms with Crippen molar-refractivity contribution in [1.29, 1.82) is 0 Å². The fraction of sp³-hybridized carbons (Fsp3) is 0.500. The molecule has 21 heavy (non-hydrogen) atoms. The minimum atomic E-state index is -0.797. The molecule has 2 aliphatic rings. The van der Waals surface area contributed by atoms with Crippen LogP contribution in [0.25, 0.3) is 0 Å². The van der Waals surface area contributed by atoms with E-state index in [0.717, 1.165) is 32.1 Å². The standard InChI is InChI=1S/C18H23NO2/c20-17(15-7-2-1-3-8-15)19-13-18(21)11-10-14-6-4-5-9-16(14)12-18/h1-2,4-6,9,15,21H,3,7-8,10-13H2,(H,19,20)/t15-,18+/m0/s1. The van der Waals surface area contributed by atoms with E-state index >= 15 is 0 Å². The number of rotatable bonds is 3. The number of benzene rings is 1. The van der Waals surface area contributed by atoms with Gasteiger partial charge in [0.2, 0.25) is 5.91 Å². The van der Waals surface area contributed by atoms with E-state index in [9.17, 15) is 9.90 Å². The maximum atomic E-state index is 12.2. The van der Waals surface area contributed by atoms with E-state index in [2.05, 4.69) is 29.6 Å². The Labute approximate surface area is 126 Å². The fourth-order valence-electron chi connectivity index (χ4n) is 3.36. The van der Waals surface area contributed by atoms with E-state index in [1.165, 1.54) is 11.1 Å². The van der Waals surface area contributed by atoms with Crippen molar-refractivity contribution in [2.24, 2.45) is 5.92 Å². The zero-order valence-electron chi connectivity index (χ0n) is 12.3. The van der Waals surface area contributed by atoms with E-state index in [1.807, 2.05) is 12.1 Å². The first-order valence-electron chi connectivity index (χ1n) is 7.88. The smallest absolute Gasteiger partial charge is 0.223 e. The molecule has 1 aromatic rings. The van der Waals surface area contributed by atoms with Crippen molar-refractivity contribution in [3.63, 3.8) is 0 Å². The monoisotopic (exact) mass is 285 g/mol. The van der Waals surface area contributed by atoms with Crippen molar-refractivity contribution in [2.45, 2.75) is 44.1 Å². The van der Waals surface area contributed by atoms with Crippen molar-refractivity contribution in [1.82, 2.24) is 5.32 Å². The average Bonchev–Trinajstić information content (AvgIpc) is 2.53. The molecule has 3 heteroatoms. The SMILES string of the molecule is O=C(NC[C@@]1(O)CCc2ccccc2C1)[C@H]1CC=CCC1. The molecule has 0 unspecified atom stereocenters. The second kappa shape index (κ2) is 6.02. The zero-order chi connectivity index (χ0) is 14.7. The predicted molar refractivity (Wildman–Crippen MR) is 82.9 cm³/mol. The normalized spacial score (nSPS) is 28.0. The molecule has 0 fully saturated rings. The molecule has 0 aromatic heterocycles. The molecule has 0 bridgehead atoms. The highest BCUT2D eigenvalue weighted by Gasteiger charge is 2.33. The Morgan fingerprint density at radius 2 is 2.10 bits per heavy atom. The summed E-state index contributed by atoms with van der Waals surface area (Å²) in [5, 5.41) is 13.7. The molecule has 2 N–H and O–H groups in total. The van der Waals surface area contributed by atoms with Crippen molar-refractivity contribution in [2.75, 3.05) is 6.54 Å². The Hall–Kier alpha value is -1.61.